The Balaban J connectivity index is 1.31. The molecule has 55 heavy (non-hydrogen) atoms. The van der Waals surface area contributed by atoms with Crippen molar-refractivity contribution in [2.75, 3.05) is 0 Å². The molecule has 0 saturated heterocycles. The standard InChI is InChI=1S/C45H26B5N5/c46-37-36(38(47)40(49)41(50)39(37)48)44-51-43(26-14-5-2-6-15-26)52-45(53-44)55-33-21-10-8-19-31(33)35-34(55)23-22-30-29-18-7-9-20-32(29)54(42(30)35)28-17-11-16-27(24-28)25-12-3-1-4-13-25/h1,3-5,7-24H,2,6H2. The summed E-state index contributed by atoms with van der Waals surface area (Å²) >= 11 is 0. The van der Waals surface area contributed by atoms with Gasteiger partial charge in [-0.25, -0.2) is 4.98 Å². The summed E-state index contributed by atoms with van der Waals surface area (Å²) in [5.41, 5.74) is 9.27. The van der Waals surface area contributed by atoms with Crippen molar-refractivity contribution >= 4 is 116 Å². The molecule has 1 aliphatic rings. The van der Waals surface area contributed by atoms with Crippen LogP contribution in [0.5, 0.6) is 0 Å². The van der Waals surface area contributed by atoms with E-state index in [4.69, 9.17) is 54.2 Å². The van der Waals surface area contributed by atoms with E-state index in [0.29, 0.717) is 17.3 Å². The molecule has 9 aromatic rings. The zero-order valence-electron chi connectivity index (χ0n) is 29.7. The third-order valence-electron chi connectivity index (χ3n) is 10.7. The van der Waals surface area contributed by atoms with Gasteiger partial charge in [-0.15, -0.1) is 16.4 Å². The molecule has 246 valence electrons. The highest BCUT2D eigenvalue weighted by Gasteiger charge is 2.24. The van der Waals surface area contributed by atoms with Gasteiger partial charge in [0.15, 0.2) is 11.6 Å². The largest absolute Gasteiger partial charge is 0.309 e. The number of benzene rings is 6. The van der Waals surface area contributed by atoms with Crippen LogP contribution in [0.1, 0.15) is 18.7 Å². The Morgan fingerprint density at radius 2 is 1.15 bits per heavy atom. The van der Waals surface area contributed by atoms with Crippen LogP contribution in [-0.4, -0.2) is 63.3 Å². The maximum atomic E-state index is 6.60. The molecule has 1 aliphatic carbocycles. The quantitative estimate of drug-likeness (QED) is 0.236. The van der Waals surface area contributed by atoms with Crippen LogP contribution in [-0.2, 0) is 0 Å². The first-order valence-corrected chi connectivity index (χ1v) is 18.2. The van der Waals surface area contributed by atoms with Crippen molar-refractivity contribution in [1.82, 2.24) is 24.1 Å². The average molecular weight is 691 g/mol. The lowest BCUT2D eigenvalue weighted by molar-refractivity contribution is 0.929. The molecule has 3 heterocycles. The summed E-state index contributed by atoms with van der Waals surface area (Å²) in [5.74, 6) is 1.11. The molecule has 0 saturated carbocycles. The highest BCUT2D eigenvalue weighted by atomic mass is 15.2. The van der Waals surface area contributed by atoms with Crippen LogP contribution >= 0.6 is 0 Å². The van der Waals surface area contributed by atoms with Crippen LogP contribution < -0.4 is 27.3 Å². The van der Waals surface area contributed by atoms with E-state index in [1.54, 1.807) is 0 Å². The number of hydrogen-bond donors (Lipinski definition) is 0. The molecular formula is C45H26B5N5. The van der Waals surface area contributed by atoms with Crippen LogP contribution in [0, 0.1) is 0 Å². The molecule has 6 aromatic carbocycles. The highest BCUT2D eigenvalue weighted by molar-refractivity contribution is 6.68. The minimum absolute atomic E-state index is 0.127. The molecule has 0 N–H and O–H groups in total. The van der Waals surface area contributed by atoms with Crippen LogP contribution in [0.3, 0.4) is 0 Å². The van der Waals surface area contributed by atoms with Crippen molar-refractivity contribution in [2.45, 2.75) is 12.8 Å². The lowest BCUT2D eigenvalue weighted by Gasteiger charge is -2.21. The van der Waals surface area contributed by atoms with E-state index in [1.807, 2.05) is 18.2 Å². The molecule has 10 heteroatoms. The molecule has 0 unspecified atom stereocenters. The van der Waals surface area contributed by atoms with Gasteiger partial charge in [0, 0.05) is 38.4 Å². The summed E-state index contributed by atoms with van der Waals surface area (Å²) in [7, 11) is 32.1. The molecule has 5 nitrogen and oxygen atoms in total. The lowest BCUT2D eigenvalue weighted by Crippen LogP contribution is -2.55. The van der Waals surface area contributed by atoms with Crippen molar-refractivity contribution < 1.29 is 0 Å². The normalized spacial score (nSPS) is 13.0. The van der Waals surface area contributed by atoms with E-state index in [0.717, 1.165) is 78.8 Å². The first-order valence-electron chi connectivity index (χ1n) is 18.2. The monoisotopic (exact) mass is 691 g/mol. The maximum absolute atomic E-state index is 6.60. The smallest absolute Gasteiger partial charge is 0.238 e. The minimum atomic E-state index is 0.127. The van der Waals surface area contributed by atoms with E-state index >= 15 is 0 Å². The SMILES string of the molecule is [B]c1c([B])c([B])c(-c2nc(C3=CCCC=C3)nc(-n3c4ccccc4c4c3ccc3c5ccccc5n(-c5cccc(-c6ccccc6)c5)c34)n2)c([B])c1[B]. The predicted molar refractivity (Wildman–Crippen MR) is 233 cm³/mol. The van der Waals surface area contributed by atoms with Crippen LogP contribution in [0.15, 0.2) is 133 Å². The summed E-state index contributed by atoms with van der Waals surface area (Å²) in [6, 6.07) is 40.4. The van der Waals surface area contributed by atoms with Gasteiger partial charge in [-0.2, -0.15) is 9.97 Å². The third kappa shape index (κ3) is 5.19. The summed E-state index contributed by atoms with van der Waals surface area (Å²) in [6.45, 7) is 0. The van der Waals surface area contributed by atoms with Crippen molar-refractivity contribution in [3.8, 4) is 34.2 Å². The fraction of sp³-hybridized carbons (Fsp3) is 0.0444. The van der Waals surface area contributed by atoms with E-state index < -0.39 is 0 Å². The van der Waals surface area contributed by atoms with Gasteiger partial charge in [0.2, 0.25) is 5.95 Å². The first-order chi connectivity index (χ1) is 26.9. The second-order valence-corrected chi connectivity index (χ2v) is 13.8. The number of fused-ring (bicyclic) bond motifs is 7. The summed E-state index contributed by atoms with van der Waals surface area (Å²) in [4.78, 5) is 15.2. The number of hydrogen-bond acceptors (Lipinski definition) is 3. The summed E-state index contributed by atoms with van der Waals surface area (Å²) < 4.78 is 4.46. The Bertz CT molecular complexity index is 3080. The summed E-state index contributed by atoms with van der Waals surface area (Å²) in [6.07, 6.45) is 8.06. The minimum Gasteiger partial charge on any atom is -0.309 e. The predicted octanol–water partition coefficient (Wildman–Crippen LogP) is 5.10. The molecule has 0 amide bonds. The molecule has 0 spiro atoms. The molecule has 3 aromatic heterocycles. The van der Waals surface area contributed by atoms with Gasteiger partial charge in [0.1, 0.15) is 39.2 Å². The molecule has 0 bridgehead atoms. The third-order valence-corrected chi connectivity index (χ3v) is 10.7. The van der Waals surface area contributed by atoms with Gasteiger partial charge in [0.05, 0.1) is 22.1 Å². The number of rotatable bonds is 5. The Morgan fingerprint density at radius 3 is 1.89 bits per heavy atom. The van der Waals surface area contributed by atoms with E-state index in [1.165, 1.54) is 0 Å². The Labute approximate surface area is 324 Å². The summed E-state index contributed by atoms with van der Waals surface area (Å²) in [5, 5.41) is 4.41. The highest BCUT2D eigenvalue weighted by Crippen LogP contribution is 2.42. The topological polar surface area (TPSA) is 48.5 Å². The van der Waals surface area contributed by atoms with Crippen molar-refractivity contribution in [3.63, 3.8) is 0 Å². The Morgan fingerprint density at radius 1 is 0.491 bits per heavy atom. The van der Waals surface area contributed by atoms with Crippen LogP contribution in [0.25, 0.3) is 83.3 Å². The molecule has 10 rings (SSSR count). The van der Waals surface area contributed by atoms with Gasteiger partial charge >= 0.3 is 0 Å². The van der Waals surface area contributed by atoms with E-state index in [-0.39, 0.29) is 33.1 Å². The number of para-hydroxylation sites is 2. The number of allylic oxidation sites excluding steroid dienone is 4. The van der Waals surface area contributed by atoms with Gasteiger partial charge < -0.3 is 4.57 Å². The molecular weight excluding hydrogens is 665 g/mol. The van der Waals surface area contributed by atoms with Gasteiger partial charge in [0.25, 0.3) is 0 Å². The fourth-order valence-corrected chi connectivity index (χ4v) is 8.02. The van der Waals surface area contributed by atoms with Crippen molar-refractivity contribution in [1.29, 1.82) is 0 Å². The molecule has 10 radical (unpaired) electrons. The van der Waals surface area contributed by atoms with Crippen LogP contribution in [0.2, 0.25) is 0 Å². The maximum Gasteiger partial charge on any atom is 0.238 e. The van der Waals surface area contributed by atoms with E-state index in [2.05, 4.69) is 124 Å². The average Bonchev–Trinajstić information content (AvgIpc) is 3.76. The first kappa shape index (κ1) is 33.3. The molecule has 0 aliphatic heterocycles. The molecule has 0 atom stereocenters. The van der Waals surface area contributed by atoms with Crippen molar-refractivity contribution in [3.05, 3.63) is 139 Å². The van der Waals surface area contributed by atoms with Gasteiger partial charge in [-0.1, -0.05) is 114 Å². The number of nitrogens with zero attached hydrogens (tertiary/aromatic N) is 5. The number of aromatic nitrogens is 5. The Hall–Kier alpha value is -6.27. The zero-order valence-corrected chi connectivity index (χ0v) is 29.7. The second kappa shape index (κ2) is 12.9. The van der Waals surface area contributed by atoms with Crippen LogP contribution in [0.4, 0.5) is 0 Å². The van der Waals surface area contributed by atoms with E-state index in [9.17, 15) is 0 Å². The van der Waals surface area contributed by atoms with Crippen molar-refractivity contribution in [2.24, 2.45) is 0 Å². The second-order valence-electron chi connectivity index (χ2n) is 13.8. The Kier molecular flexibility index (Phi) is 7.84. The van der Waals surface area contributed by atoms with Gasteiger partial charge in [-0.05, 0) is 54.3 Å². The molecule has 0 fully saturated rings. The fourth-order valence-electron chi connectivity index (χ4n) is 8.02. The lowest BCUT2D eigenvalue weighted by atomic mass is 9.60. The zero-order chi connectivity index (χ0) is 37.4. The van der Waals surface area contributed by atoms with Gasteiger partial charge in [-0.3, -0.25) is 4.57 Å².